The minimum Gasteiger partial charge on any atom is -0.354 e. The van der Waals surface area contributed by atoms with Crippen LogP contribution in [0.2, 0.25) is 10.0 Å². The molecule has 2 amide bonds. The number of rotatable bonds is 13. The van der Waals surface area contributed by atoms with Crippen LogP contribution in [0.25, 0.3) is 0 Å². The van der Waals surface area contributed by atoms with E-state index in [9.17, 15) is 28.1 Å². The number of nitro groups is 1. The van der Waals surface area contributed by atoms with Gasteiger partial charge in [0.2, 0.25) is 11.8 Å². The first-order chi connectivity index (χ1) is 19.8. The first-order valence-electron chi connectivity index (χ1n) is 13.2. The summed E-state index contributed by atoms with van der Waals surface area (Å²) in [4.78, 5) is 39.2. The first-order valence-corrected chi connectivity index (χ1v) is 15.4. The van der Waals surface area contributed by atoms with Crippen LogP contribution in [0.5, 0.6) is 0 Å². The van der Waals surface area contributed by atoms with Crippen molar-refractivity contribution in [1.82, 2.24) is 10.2 Å². The van der Waals surface area contributed by atoms with E-state index in [0.717, 1.165) is 16.4 Å². The summed E-state index contributed by atoms with van der Waals surface area (Å²) in [5.74, 6) is -0.905. The van der Waals surface area contributed by atoms with Crippen molar-refractivity contribution in [3.05, 3.63) is 98.5 Å². The molecule has 13 heteroatoms. The van der Waals surface area contributed by atoms with Crippen molar-refractivity contribution < 1.29 is 22.9 Å². The lowest BCUT2D eigenvalue weighted by Gasteiger charge is -2.33. The van der Waals surface area contributed by atoms with Crippen LogP contribution in [0.3, 0.4) is 0 Å². The molecule has 0 bridgehead atoms. The van der Waals surface area contributed by atoms with E-state index in [4.69, 9.17) is 23.2 Å². The molecule has 3 rings (SSSR count). The van der Waals surface area contributed by atoms with Crippen molar-refractivity contribution in [2.75, 3.05) is 17.4 Å². The zero-order chi connectivity index (χ0) is 31.0. The van der Waals surface area contributed by atoms with Crippen molar-refractivity contribution >= 4 is 56.4 Å². The van der Waals surface area contributed by atoms with Gasteiger partial charge in [-0.05, 0) is 54.3 Å². The highest BCUT2D eigenvalue weighted by Crippen LogP contribution is 2.28. The van der Waals surface area contributed by atoms with Gasteiger partial charge in [-0.1, -0.05) is 68.2 Å². The molecule has 0 unspecified atom stereocenters. The van der Waals surface area contributed by atoms with Gasteiger partial charge in [0, 0.05) is 35.3 Å². The third kappa shape index (κ3) is 8.21. The van der Waals surface area contributed by atoms with E-state index < -0.39 is 39.3 Å². The predicted octanol–water partition coefficient (Wildman–Crippen LogP) is 5.68. The lowest BCUT2D eigenvalue weighted by atomic mass is 10.1. The number of anilines is 1. The molecule has 224 valence electrons. The van der Waals surface area contributed by atoms with Gasteiger partial charge in [0.05, 0.1) is 15.5 Å². The van der Waals surface area contributed by atoms with E-state index in [1.807, 2.05) is 13.8 Å². The summed E-state index contributed by atoms with van der Waals surface area (Å²) in [6, 6.07) is 16.2. The number of halogens is 2. The maximum Gasteiger partial charge on any atom is 0.269 e. The van der Waals surface area contributed by atoms with E-state index in [1.54, 1.807) is 37.3 Å². The molecule has 0 spiro atoms. The number of hydrogen-bond donors (Lipinski definition) is 1. The van der Waals surface area contributed by atoms with Gasteiger partial charge in [0.1, 0.15) is 12.6 Å². The number of sulfonamides is 1. The Labute approximate surface area is 255 Å². The minimum absolute atomic E-state index is 0.0413. The fraction of sp³-hybridized carbons (Fsp3) is 0.310. The molecule has 0 saturated heterocycles. The van der Waals surface area contributed by atoms with Crippen LogP contribution in [0, 0.1) is 16.0 Å². The number of carbonyl (C=O) groups is 2. The lowest BCUT2D eigenvalue weighted by Crippen LogP contribution is -2.52. The second-order valence-corrected chi connectivity index (χ2v) is 12.6. The Morgan fingerprint density at radius 3 is 2.19 bits per heavy atom. The Morgan fingerprint density at radius 2 is 1.64 bits per heavy atom. The summed E-state index contributed by atoms with van der Waals surface area (Å²) < 4.78 is 28.5. The Morgan fingerprint density at radius 1 is 1.00 bits per heavy atom. The van der Waals surface area contributed by atoms with E-state index in [2.05, 4.69) is 5.32 Å². The van der Waals surface area contributed by atoms with Crippen LogP contribution in [0.4, 0.5) is 11.4 Å². The standard InChI is InChI=1S/C29H32Cl2N4O6S/c1-4-27(29(37)32-17-20(2)3)33(18-21-10-11-22(30)16-26(21)31)28(36)19-34(23-12-14-24(15-13-23)35(38)39)42(40,41)25-8-6-5-7-9-25/h5-16,20,27H,4,17-19H2,1-3H3,(H,32,37)/t27-/m1/s1. The van der Waals surface area contributed by atoms with Crippen LogP contribution in [0.15, 0.2) is 77.7 Å². The molecule has 1 N–H and O–H groups in total. The Hall–Kier alpha value is -3.67. The summed E-state index contributed by atoms with van der Waals surface area (Å²) in [6.07, 6.45) is 0.240. The SMILES string of the molecule is CC[C@H](C(=O)NCC(C)C)N(Cc1ccc(Cl)cc1Cl)C(=O)CN(c1ccc([N+](=O)[O-])cc1)S(=O)(=O)c1ccccc1. The summed E-state index contributed by atoms with van der Waals surface area (Å²) in [7, 11) is -4.30. The van der Waals surface area contributed by atoms with Gasteiger partial charge in [-0.3, -0.25) is 24.0 Å². The maximum atomic E-state index is 14.1. The Bertz CT molecular complexity index is 1520. The van der Waals surface area contributed by atoms with Crippen molar-refractivity contribution in [1.29, 1.82) is 0 Å². The highest BCUT2D eigenvalue weighted by molar-refractivity contribution is 7.92. The molecule has 0 aliphatic carbocycles. The molecular weight excluding hydrogens is 603 g/mol. The van der Waals surface area contributed by atoms with Gasteiger partial charge in [-0.2, -0.15) is 0 Å². The first kappa shape index (κ1) is 32.8. The Kier molecular flexibility index (Phi) is 11.3. The van der Waals surface area contributed by atoms with Crippen LogP contribution in [0.1, 0.15) is 32.8 Å². The van der Waals surface area contributed by atoms with Gasteiger partial charge < -0.3 is 10.2 Å². The highest BCUT2D eigenvalue weighted by Gasteiger charge is 2.34. The topological polar surface area (TPSA) is 130 Å². The normalized spacial score (nSPS) is 12.0. The van der Waals surface area contributed by atoms with Gasteiger partial charge in [-0.25, -0.2) is 8.42 Å². The number of hydrogen-bond acceptors (Lipinski definition) is 6. The molecule has 42 heavy (non-hydrogen) atoms. The van der Waals surface area contributed by atoms with E-state index in [1.165, 1.54) is 35.2 Å². The smallest absolute Gasteiger partial charge is 0.269 e. The number of nitro benzene ring substituents is 1. The molecule has 3 aromatic rings. The monoisotopic (exact) mass is 634 g/mol. The lowest BCUT2D eigenvalue weighted by molar-refractivity contribution is -0.384. The van der Waals surface area contributed by atoms with Gasteiger partial charge >= 0.3 is 0 Å². The molecule has 0 saturated carbocycles. The fourth-order valence-corrected chi connectivity index (χ4v) is 6.07. The molecule has 10 nitrogen and oxygen atoms in total. The van der Waals surface area contributed by atoms with E-state index >= 15 is 0 Å². The maximum absolute atomic E-state index is 14.1. The summed E-state index contributed by atoms with van der Waals surface area (Å²) >= 11 is 12.5. The molecule has 0 aliphatic rings. The van der Waals surface area contributed by atoms with Crippen LogP contribution in [-0.2, 0) is 26.2 Å². The summed E-state index contributed by atoms with van der Waals surface area (Å²) in [5.41, 5.74) is 0.311. The highest BCUT2D eigenvalue weighted by atomic mass is 35.5. The minimum atomic E-state index is -4.30. The number of amides is 2. The average Bonchev–Trinajstić information content (AvgIpc) is 2.96. The van der Waals surface area contributed by atoms with Crippen molar-refractivity contribution in [3.63, 3.8) is 0 Å². The van der Waals surface area contributed by atoms with E-state index in [-0.39, 0.29) is 40.2 Å². The molecule has 1 atom stereocenters. The quantitative estimate of drug-likeness (QED) is 0.190. The van der Waals surface area contributed by atoms with Crippen molar-refractivity contribution in [2.45, 2.75) is 44.7 Å². The number of nitrogens with zero attached hydrogens (tertiary/aromatic N) is 3. The fourth-order valence-electron chi connectivity index (χ4n) is 4.16. The molecule has 0 radical (unpaired) electrons. The predicted molar refractivity (Wildman–Crippen MR) is 163 cm³/mol. The number of benzene rings is 3. The molecule has 0 aliphatic heterocycles. The number of nitrogens with one attached hydrogen (secondary N) is 1. The molecule has 3 aromatic carbocycles. The zero-order valence-electron chi connectivity index (χ0n) is 23.4. The van der Waals surface area contributed by atoms with Gasteiger partial charge in [0.15, 0.2) is 0 Å². The van der Waals surface area contributed by atoms with Crippen LogP contribution >= 0.6 is 23.2 Å². The zero-order valence-corrected chi connectivity index (χ0v) is 25.7. The third-order valence-corrected chi connectivity index (χ3v) is 8.76. The molecule has 0 aromatic heterocycles. The summed E-state index contributed by atoms with van der Waals surface area (Å²) in [6.45, 7) is 5.23. The van der Waals surface area contributed by atoms with E-state index in [0.29, 0.717) is 17.1 Å². The number of non-ortho nitro benzene ring substituents is 1. The molecule has 0 heterocycles. The number of carbonyl (C=O) groups excluding carboxylic acids is 2. The third-order valence-electron chi connectivity index (χ3n) is 6.38. The Balaban J connectivity index is 2.08. The summed E-state index contributed by atoms with van der Waals surface area (Å²) in [5, 5.41) is 14.7. The largest absolute Gasteiger partial charge is 0.354 e. The van der Waals surface area contributed by atoms with Crippen molar-refractivity contribution in [3.8, 4) is 0 Å². The molecule has 0 fully saturated rings. The van der Waals surface area contributed by atoms with Crippen LogP contribution < -0.4 is 9.62 Å². The van der Waals surface area contributed by atoms with Crippen LogP contribution in [-0.4, -0.2) is 49.2 Å². The second kappa shape index (κ2) is 14.5. The second-order valence-electron chi connectivity index (χ2n) is 9.92. The molecular formula is C29H32Cl2N4O6S. The van der Waals surface area contributed by atoms with Gasteiger partial charge in [-0.15, -0.1) is 0 Å². The van der Waals surface area contributed by atoms with Gasteiger partial charge in [0.25, 0.3) is 15.7 Å². The average molecular weight is 636 g/mol. The van der Waals surface area contributed by atoms with Crippen molar-refractivity contribution in [2.24, 2.45) is 5.92 Å².